The molecule has 1 aromatic heterocycles. The molecule has 0 aliphatic carbocycles. The first-order valence-electron chi connectivity index (χ1n) is 8.31. The first-order chi connectivity index (χ1) is 10.6. The molecule has 124 valence electrons. The summed E-state index contributed by atoms with van der Waals surface area (Å²) in [5.41, 5.74) is -0.861. The number of aromatic amines is 1. The summed E-state index contributed by atoms with van der Waals surface area (Å²) in [6, 6.07) is 0. The molecule has 1 atom stereocenters. The highest BCUT2D eigenvalue weighted by Gasteiger charge is 2.33. The zero-order valence-corrected chi connectivity index (χ0v) is 13.6. The van der Waals surface area contributed by atoms with Crippen LogP contribution in [0.25, 0.3) is 0 Å². The highest BCUT2D eigenvalue weighted by Crippen LogP contribution is 2.28. The quantitative estimate of drug-likeness (QED) is 0.798. The third kappa shape index (κ3) is 4.25. The topological polar surface area (TPSA) is 95.0 Å². The van der Waals surface area contributed by atoms with E-state index < -0.39 is 5.60 Å². The van der Waals surface area contributed by atoms with E-state index in [4.69, 9.17) is 0 Å². The number of hydrogen-bond donors (Lipinski definition) is 2. The Morgan fingerprint density at radius 3 is 2.73 bits per heavy atom. The highest BCUT2D eigenvalue weighted by molar-refractivity contribution is 5.77. The first-order valence-corrected chi connectivity index (χ1v) is 8.31. The first kappa shape index (κ1) is 16.9. The van der Waals surface area contributed by atoms with Crippen molar-refractivity contribution in [1.29, 1.82) is 0 Å². The molecule has 1 aromatic rings. The normalized spacial score (nSPS) is 19.4. The van der Waals surface area contributed by atoms with E-state index in [1.54, 1.807) is 0 Å². The number of carbonyl (C=O) groups excluding carboxylic acids is 1. The van der Waals surface area contributed by atoms with Gasteiger partial charge in [-0.15, -0.1) is 10.2 Å². The Hall–Kier alpha value is -1.50. The van der Waals surface area contributed by atoms with Gasteiger partial charge < -0.3 is 10.0 Å². The lowest BCUT2D eigenvalue weighted by Crippen LogP contribution is -2.43. The highest BCUT2D eigenvalue weighted by atomic mass is 16.3. The van der Waals surface area contributed by atoms with E-state index in [-0.39, 0.29) is 18.2 Å². The molecule has 7 heteroatoms. The number of rotatable bonds is 7. The van der Waals surface area contributed by atoms with Gasteiger partial charge in [-0.1, -0.05) is 31.9 Å². The molecule has 1 aliphatic heterocycles. The van der Waals surface area contributed by atoms with Crippen LogP contribution in [0.15, 0.2) is 0 Å². The Kier molecular flexibility index (Phi) is 5.88. The van der Waals surface area contributed by atoms with Crippen LogP contribution in [0.2, 0.25) is 0 Å². The number of amides is 1. The van der Waals surface area contributed by atoms with Crippen LogP contribution < -0.4 is 0 Å². The van der Waals surface area contributed by atoms with E-state index in [1.165, 1.54) is 0 Å². The second-order valence-electron chi connectivity index (χ2n) is 6.35. The number of aliphatic hydroxyl groups is 1. The minimum absolute atomic E-state index is 0.0394. The van der Waals surface area contributed by atoms with Crippen molar-refractivity contribution in [3.05, 3.63) is 5.82 Å². The number of hydrogen-bond acceptors (Lipinski definition) is 5. The van der Waals surface area contributed by atoms with Gasteiger partial charge in [0.25, 0.3) is 0 Å². The fraction of sp³-hybridized carbons (Fsp3) is 0.867. The number of H-pyrrole nitrogens is 1. The van der Waals surface area contributed by atoms with Gasteiger partial charge in [-0.25, -0.2) is 0 Å². The molecule has 1 aliphatic rings. The van der Waals surface area contributed by atoms with Crippen molar-refractivity contribution in [1.82, 2.24) is 25.5 Å². The van der Waals surface area contributed by atoms with Crippen LogP contribution in [0, 0.1) is 0 Å². The third-order valence-corrected chi connectivity index (χ3v) is 4.41. The standard InChI is InChI=1S/C15H27N5O2/c1-3-7-15(22,8-4-2)10-13(21)20-9-5-6-12(11-20)14-16-18-19-17-14/h12,22H,3-11H2,1-2H3,(H,16,17,18,19). The van der Waals surface area contributed by atoms with E-state index in [0.29, 0.717) is 25.2 Å². The van der Waals surface area contributed by atoms with Gasteiger partial charge in [0, 0.05) is 19.0 Å². The molecule has 0 aromatic carbocycles. The largest absolute Gasteiger partial charge is 0.389 e. The zero-order chi connectivity index (χ0) is 16.0. The maximum absolute atomic E-state index is 12.6. The molecular weight excluding hydrogens is 282 g/mol. The minimum Gasteiger partial charge on any atom is -0.389 e. The summed E-state index contributed by atoms with van der Waals surface area (Å²) in [7, 11) is 0. The van der Waals surface area contributed by atoms with Crippen molar-refractivity contribution in [2.75, 3.05) is 13.1 Å². The average molecular weight is 309 g/mol. The molecule has 0 bridgehead atoms. The predicted octanol–water partition coefficient (Wildman–Crippen LogP) is 1.63. The Balaban J connectivity index is 1.96. The van der Waals surface area contributed by atoms with Crippen molar-refractivity contribution in [3.63, 3.8) is 0 Å². The summed E-state index contributed by atoms with van der Waals surface area (Å²) >= 11 is 0. The number of tetrazole rings is 1. The Morgan fingerprint density at radius 2 is 2.14 bits per heavy atom. The second-order valence-corrected chi connectivity index (χ2v) is 6.35. The van der Waals surface area contributed by atoms with Crippen molar-refractivity contribution >= 4 is 5.91 Å². The minimum atomic E-state index is -0.861. The number of piperidine rings is 1. The van der Waals surface area contributed by atoms with Gasteiger partial charge >= 0.3 is 0 Å². The summed E-state index contributed by atoms with van der Waals surface area (Å²) in [6.45, 7) is 5.45. The van der Waals surface area contributed by atoms with Crippen LogP contribution in [0.3, 0.4) is 0 Å². The average Bonchev–Trinajstić information content (AvgIpc) is 3.02. The monoisotopic (exact) mass is 309 g/mol. The van der Waals surface area contributed by atoms with Crippen LogP contribution in [-0.4, -0.2) is 55.2 Å². The van der Waals surface area contributed by atoms with Crippen molar-refractivity contribution < 1.29 is 9.90 Å². The molecule has 0 spiro atoms. The summed E-state index contributed by atoms with van der Waals surface area (Å²) in [4.78, 5) is 14.4. The van der Waals surface area contributed by atoms with E-state index in [2.05, 4.69) is 20.6 Å². The molecular formula is C15H27N5O2. The van der Waals surface area contributed by atoms with E-state index >= 15 is 0 Å². The summed E-state index contributed by atoms with van der Waals surface area (Å²) in [6.07, 6.45) is 5.24. The van der Waals surface area contributed by atoms with Gasteiger partial charge in [0.05, 0.1) is 12.0 Å². The maximum atomic E-state index is 12.6. The Morgan fingerprint density at radius 1 is 1.41 bits per heavy atom. The van der Waals surface area contributed by atoms with Gasteiger partial charge in [0.15, 0.2) is 5.82 Å². The number of aromatic nitrogens is 4. The van der Waals surface area contributed by atoms with Crippen LogP contribution in [-0.2, 0) is 4.79 Å². The smallest absolute Gasteiger partial charge is 0.225 e. The molecule has 1 amide bonds. The van der Waals surface area contributed by atoms with Crippen molar-refractivity contribution in [2.24, 2.45) is 0 Å². The summed E-state index contributed by atoms with van der Waals surface area (Å²) in [5, 5.41) is 24.8. The number of nitrogens with zero attached hydrogens (tertiary/aromatic N) is 4. The molecule has 1 saturated heterocycles. The molecule has 1 unspecified atom stereocenters. The van der Waals surface area contributed by atoms with Crippen molar-refractivity contribution in [2.45, 2.75) is 70.3 Å². The van der Waals surface area contributed by atoms with Gasteiger partial charge in [-0.3, -0.25) is 4.79 Å². The fourth-order valence-corrected chi connectivity index (χ4v) is 3.38. The Labute approximate surface area is 131 Å². The molecule has 2 N–H and O–H groups in total. The molecule has 2 heterocycles. The number of likely N-dealkylation sites (tertiary alicyclic amines) is 1. The molecule has 22 heavy (non-hydrogen) atoms. The molecule has 0 saturated carbocycles. The van der Waals surface area contributed by atoms with Crippen molar-refractivity contribution in [3.8, 4) is 0 Å². The van der Waals surface area contributed by atoms with Gasteiger partial charge in [0.1, 0.15) is 0 Å². The lowest BCUT2D eigenvalue weighted by molar-refractivity contribution is -0.138. The van der Waals surface area contributed by atoms with Crippen LogP contribution in [0.4, 0.5) is 0 Å². The van der Waals surface area contributed by atoms with E-state index in [0.717, 1.165) is 32.2 Å². The van der Waals surface area contributed by atoms with Gasteiger partial charge in [0.2, 0.25) is 5.91 Å². The molecule has 7 nitrogen and oxygen atoms in total. The SMILES string of the molecule is CCCC(O)(CCC)CC(=O)N1CCCC(c2nn[nH]n2)C1. The van der Waals surface area contributed by atoms with Gasteiger partial charge in [-0.2, -0.15) is 5.21 Å². The lowest BCUT2D eigenvalue weighted by atomic mass is 9.88. The second kappa shape index (κ2) is 7.67. The summed E-state index contributed by atoms with van der Waals surface area (Å²) < 4.78 is 0. The van der Waals surface area contributed by atoms with Crippen LogP contribution in [0.5, 0.6) is 0 Å². The number of nitrogens with one attached hydrogen (secondary N) is 1. The summed E-state index contributed by atoms with van der Waals surface area (Å²) in [5.74, 6) is 0.856. The molecule has 1 fully saturated rings. The zero-order valence-electron chi connectivity index (χ0n) is 13.6. The maximum Gasteiger partial charge on any atom is 0.225 e. The van der Waals surface area contributed by atoms with Gasteiger partial charge in [-0.05, 0) is 25.7 Å². The number of carbonyl (C=O) groups is 1. The molecule has 2 rings (SSSR count). The fourth-order valence-electron chi connectivity index (χ4n) is 3.38. The van der Waals surface area contributed by atoms with Crippen LogP contribution in [0.1, 0.15) is 70.5 Å². The third-order valence-electron chi connectivity index (χ3n) is 4.41. The van der Waals surface area contributed by atoms with E-state index in [9.17, 15) is 9.90 Å². The van der Waals surface area contributed by atoms with E-state index in [1.807, 2.05) is 18.7 Å². The lowest BCUT2D eigenvalue weighted by Gasteiger charge is -2.34. The Bertz CT molecular complexity index is 457. The molecule has 0 radical (unpaired) electrons. The van der Waals surface area contributed by atoms with Crippen LogP contribution >= 0.6 is 0 Å². The predicted molar refractivity (Wildman–Crippen MR) is 82.1 cm³/mol.